The first-order valence-corrected chi connectivity index (χ1v) is 14.6. The van der Waals surface area contributed by atoms with Crippen LogP contribution in [0.5, 0.6) is 0 Å². The molecule has 0 aliphatic carbocycles. The molecule has 214 valence electrons. The molecule has 2 unspecified atom stereocenters. The van der Waals surface area contributed by atoms with Gasteiger partial charge in [-0.15, -0.1) is 0 Å². The van der Waals surface area contributed by atoms with Gasteiger partial charge in [0, 0.05) is 54.2 Å². The van der Waals surface area contributed by atoms with Crippen LogP contribution in [-0.2, 0) is 0 Å². The van der Waals surface area contributed by atoms with Crippen molar-refractivity contribution in [1.82, 2.24) is 20.9 Å². The van der Waals surface area contributed by atoms with E-state index >= 15 is 0 Å². The Morgan fingerprint density at radius 1 is 0.975 bits per heavy atom. The van der Waals surface area contributed by atoms with Crippen molar-refractivity contribution < 1.29 is 14.4 Å². The number of anilines is 2. The highest BCUT2D eigenvalue weighted by atomic mass is 16.2. The van der Waals surface area contributed by atoms with Crippen LogP contribution in [0.15, 0.2) is 36.5 Å². The van der Waals surface area contributed by atoms with Crippen LogP contribution in [0.25, 0.3) is 0 Å². The van der Waals surface area contributed by atoms with Crippen molar-refractivity contribution in [2.75, 3.05) is 23.3 Å². The lowest BCUT2D eigenvalue weighted by Gasteiger charge is -2.40. The Hall–Kier alpha value is -3.66. The van der Waals surface area contributed by atoms with Crippen LogP contribution in [0.2, 0.25) is 0 Å². The standard InChI is InChI=1S/C30H41N7O3/c1-3-20(4-2)34-26-13-18(5-9-25(26)28(31)38)29(39)36-22-14-23-7-8-24(15-22)37(23)27-10-6-19(16-33-27)30(40)35-21-11-12-32-17-21/h5-6,9-10,13,16,20-24,32,34H,3-4,7-8,11-12,14-15,17H2,1-2H3,(H2,31,38)(H,35,40)(H,36,39)/t21-,22?,23?,24?/m0/s1. The number of primary amides is 1. The van der Waals surface area contributed by atoms with E-state index in [-0.39, 0.29) is 42.0 Å². The maximum atomic E-state index is 13.3. The minimum atomic E-state index is -0.516. The number of pyridine rings is 1. The molecule has 6 N–H and O–H groups in total. The number of nitrogens with one attached hydrogen (secondary N) is 4. The fourth-order valence-electron chi connectivity index (χ4n) is 6.39. The number of amides is 3. The van der Waals surface area contributed by atoms with Crippen molar-refractivity contribution in [2.24, 2.45) is 5.73 Å². The Morgan fingerprint density at radius 3 is 2.25 bits per heavy atom. The molecule has 3 aliphatic heterocycles. The van der Waals surface area contributed by atoms with Crippen LogP contribution in [0, 0.1) is 0 Å². The summed E-state index contributed by atoms with van der Waals surface area (Å²) >= 11 is 0. The Bertz CT molecular complexity index is 1210. The van der Waals surface area contributed by atoms with E-state index in [1.165, 1.54) is 0 Å². The predicted octanol–water partition coefficient (Wildman–Crippen LogP) is 2.80. The molecule has 0 spiro atoms. The van der Waals surface area contributed by atoms with Gasteiger partial charge in [0.25, 0.3) is 17.7 Å². The largest absolute Gasteiger partial charge is 0.382 e. The number of nitrogens with two attached hydrogens (primary N) is 1. The number of hydrogen-bond donors (Lipinski definition) is 5. The number of nitrogens with zero attached hydrogens (tertiary/aromatic N) is 2. The summed E-state index contributed by atoms with van der Waals surface area (Å²) in [4.78, 5) is 44.8. The molecule has 0 saturated carbocycles. The molecule has 3 amide bonds. The average molecular weight is 548 g/mol. The van der Waals surface area contributed by atoms with Gasteiger partial charge in [-0.3, -0.25) is 14.4 Å². The Morgan fingerprint density at radius 2 is 1.65 bits per heavy atom. The summed E-state index contributed by atoms with van der Waals surface area (Å²) in [6.45, 7) is 5.90. The second-order valence-electron chi connectivity index (χ2n) is 11.3. The molecule has 1 aromatic carbocycles. The molecule has 3 aliphatic rings. The fraction of sp³-hybridized carbons (Fsp3) is 0.533. The molecule has 3 fully saturated rings. The average Bonchev–Trinajstić information content (AvgIpc) is 3.56. The third kappa shape index (κ3) is 6.06. The van der Waals surface area contributed by atoms with Crippen LogP contribution < -0.4 is 31.9 Å². The fourth-order valence-corrected chi connectivity index (χ4v) is 6.39. The first kappa shape index (κ1) is 27.9. The van der Waals surface area contributed by atoms with Crippen molar-refractivity contribution in [2.45, 2.75) is 89.0 Å². The Labute approximate surface area is 235 Å². The summed E-state index contributed by atoms with van der Waals surface area (Å²) < 4.78 is 0. The zero-order valence-electron chi connectivity index (χ0n) is 23.4. The first-order valence-electron chi connectivity index (χ1n) is 14.6. The van der Waals surface area contributed by atoms with E-state index < -0.39 is 5.91 Å². The second kappa shape index (κ2) is 12.2. The molecule has 2 aromatic rings. The van der Waals surface area contributed by atoms with Crippen molar-refractivity contribution in [3.05, 3.63) is 53.2 Å². The van der Waals surface area contributed by atoms with Gasteiger partial charge in [0.15, 0.2) is 0 Å². The van der Waals surface area contributed by atoms with Gasteiger partial charge in [-0.05, 0) is 81.8 Å². The molecular formula is C30H41N7O3. The van der Waals surface area contributed by atoms with Gasteiger partial charge in [0.2, 0.25) is 0 Å². The number of piperidine rings is 1. The van der Waals surface area contributed by atoms with Gasteiger partial charge >= 0.3 is 0 Å². The molecule has 3 atom stereocenters. The molecular weight excluding hydrogens is 506 g/mol. The number of carbonyl (C=O) groups is 3. The van der Waals surface area contributed by atoms with Crippen molar-refractivity contribution in [3.63, 3.8) is 0 Å². The highest BCUT2D eigenvalue weighted by molar-refractivity contribution is 6.02. The number of hydrogen-bond acceptors (Lipinski definition) is 7. The smallest absolute Gasteiger partial charge is 0.253 e. The maximum Gasteiger partial charge on any atom is 0.253 e. The zero-order chi connectivity index (χ0) is 28.2. The van der Waals surface area contributed by atoms with Crippen LogP contribution >= 0.6 is 0 Å². The summed E-state index contributed by atoms with van der Waals surface area (Å²) in [5.41, 5.74) is 7.67. The molecule has 1 aromatic heterocycles. The second-order valence-corrected chi connectivity index (χ2v) is 11.3. The third-order valence-corrected chi connectivity index (χ3v) is 8.63. The van der Waals surface area contributed by atoms with Crippen molar-refractivity contribution in [1.29, 1.82) is 0 Å². The van der Waals surface area contributed by atoms with E-state index in [0.717, 1.165) is 63.9 Å². The van der Waals surface area contributed by atoms with E-state index in [2.05, 4.69) is 45.0 Å². The monoisotopic (exact) mass is 547 g/mol. The third-order valence-electron chi connectivity index (χ3n) is 8.63. The molecule has 10 nitrogen and oxygen atoms in total. The van der Waals surface area contributed by atoms with Crippen molar-refractivity contribution >= 4 is 29.2 Å². The van der Waals surface area contributed by atoms with Crippen molar-refractivity contribution in [3.8, 4) is 0 Å². The first-order chi connectivity index (χ1) is 19.4. The van der Waals surface area contributed by atoms with Crippen LogP contribution in [0.1, 0.15) is 89.9 Å². The quantitative estimate of drug-likeness (QED) is 0.308. The summed E-state index contributed by atoms with van der Waals surface area (Å²) in [7, 11) is 0. The molecule has 2 bridgehead atoms. The van der Waals surface area contributed by atoms with Gasteiger partial charge in [0.1, 0.15) is 5.82 Å². The minimum Gasteiger partial charge on any atom is -0.382 e. The van der Waals surface area contributed by atoms with Crippen LogP contribution in [0.3, 0.4) is 0 Å². The van der Waals surface area contributed by atoms with E-state index in [1.807, 2.05) is 12.1 Å². The SMILES string of the molecule is CCC(CC)Nc1cc(C(=O)NC2CC3CCC(C2)N3c2ccc(C(=O)N[C@H]3CCNC3)cn2)ccc1C(N)=O. The van der Waals surface area contributed by atoms with E-state index in [4.69, 9.17) is 5.73 Å². The molecule has 40 heavy (non-hydrogen) atoms. The summed E-state index contributed by atoms with van der Waals surface area (Å²) in [5.74, 6) is 0.139. The predicted molar refractivity (Wildman–Crippen MR) is 156 cm³/mol. The highest BCUT2D eigenvalue weighted by Crippen LogP contribution is 2.38. The summed E-state index contributed by atoms with van der Waals surface area (Å²) in [5, 5.41) is 12.9. The van der Waals surface area contributed by atoms with Gasteiger partial charge in [-0.25, -0.2) is 4.98 Å². The molecule has 3 saturated heterocycles. The Kier molecular flexibility index (Phi) is 8.54. The van der Waals surface area contributed by atoms with Gasteiger partial charge < -0.3 is 31.9 Å². The summed E-state index contributed by atoms with van der Waals surface area (Å²) in [6, 6.07) is 9.83. The van der Waals surface area contributed by atoms with E-state index in [0.29, 0.717) is 22.4 Å². The number of rotatable bonds is 10. The number of benzene rings is 1. The Balaban J connectivity index is 1.21. The van der Waals surface area contributed by atoms with Gasteiger partial charge in [-0.2, -0.15) is 0 Å². The van der Waals surface area contributed by atoms with Gasteiger partial charge in [-0.1, -0.05) is 13.8 Å². The molecule has 4 heterocycles. The normalized spacial score (nSPS) is 23.7. The van der Waals surface area contributed by atoms with Crippen LogP contribution in [0.4, 0.5) is 11.5 Å². The lowest BCUT2D eigenvalue weighted by molar-refractivity contribution is 0.0922. The number of fused-ring (bicyclic) bond motifs is 2. The minimum absolute atomic E-state index is 0.0533. The lowest BCUT2D eigenvalue weighted by Crippen LogP contribution is -2.50. The van der Waals surface area contributed by atoms with Gasteiger partial charge in [0.05, 0.1) is 11.1 Å². The highest BCUT2D eigenvalue weighted by Gasteiger charge is 2.42. The zero-order valence-corrected chi connectivity index (χ0v) is 23.4. The molecule has 10 heteroatoms. The topological polar surface area (TPSA) is 141 Å². The molecule has 0 radical (unpaired) electrons. The maximum absolute atomic E-state index is 13.3. The lowest BCUT2D eigenvalue weighted by atomic mass is 9.96. The number of carbonyl (C=O) groups excluding carboxylic acids is 3. The van der Waals surface area contributed by atoms with E-state index in [1.54, 1.807) is 24.4 Å². The summed E-state index contributed by atoms with van der Waals surface area (Å²) in [6.07, 6.45) is 8.17. The van der Waals surface area contributed by atoms with Crippen LogP contribution in [-0.4, -0.2) is 66.0 Å². The molecule has 5 rings (SSSR count). The number of aromatic nitrogens is 1. The van der Waals surface area contributed by atoms with E-state index in [9.17, 15) is 14.4 Å².